The van der Waals surface area contributed by atoms with Crippen LogP contribution in [0.3, 0.4) is 0 Å². The Kier molecular flexibility index (Phi) is 5.46. The van der Waals surface area contributed by atoms with E-state index in [1.54, 1.807) is 7.11 Å². The summed E-state index contributed by atoms with van der Waals surface area (Å²) < 4.78 is 6.38. The van der Waals surface area contributed by atoms with Gasteiger partial charge in [0.05, 0.1) is 11.6 Å². The minimum atomic E-state index is 0.141. The Labute approximate surface area is 133 Å². The molecule has 2 aromatic carbocycles. The van der Waals surface area contributed by atoms with E-state index >= 15 is 0 Å². The number of likely N-dealkylation sites (N-methyl/N-ethyl adjacent to an activating group) is 1. The fraction of sp³-hybridized carbons (Fsp3) is 0.250. The predicted octanol–water partition coefficient (Wildman–Crippen LogP) is 4.61. The molecule has 1 atom stereocenters. The van der Waals surface area contributed by atoms with Crippen molar-refractivity contribution in [1.82, 2.24) is 5.32 Å². The molecule has 1 N–H and O–H groups in total. The molecule has 0 heterocycles. The standard InChI is InChI=1S/C16H17BrClNO/c1-19-15(8-11-6-4-3-5-7-11)13-9-12(18)10-14(17)16(13)20-2/h3-7,9-10,15,19H,8H2,1-2H3. The summed E-state index contributed by atoms with van der Waals surface area (Å²) in [5.74, 6) is 0.824. The molecule has 20 heavy (non-hydrogen) atoms. The van der Waals surface area contributed by atoms with Gasteiger partial charge < -0.3 is 10.1 Å². The van der Waals surface area contributed by atoms with E-state index in [2.05, 4.69) is 33.4 Å². The van der Waals surface area contributed by atoms with Crippen LogP contribution in [0.15, 0.2) is 46.9 Å². The molecule has 2 rings (SSSR count). The van der Waals surface area contributed by atoms with E-state index < -0.39 is 0 Å². The molecule has 0 aliphatic rings. The van der Waals surface area contributed by atoms with E-state index in [4.69, 9.17) is 16.3 Å². The van der Waals surface area contributed by atoms with E-state index in [0.717, 1.165) is 22.2 Å². The molecular formula is C16H17BrClNO. The molecule has 0 aliphatic carbocycles. The van der Waals surface area contributed by atoms with Gasteiger partial charge in [-0.05, 0) is 47.1 Å². The maximum atomic E-state index is 6.17. The normalized spacial score (nSPS) is 12.2. The third-order valence-electron chi connectivity index (χ3n) is 3.25. The lowest BCUT2D eigenvalue weighted by Crippen LogP contribution is -2.19. The molecule has 0 bridgehead atoms. The number of ether oxygens (including phenoxy) is 1. The maximum absolute atomic E-state index is 6.17. The first-order valence-corrected chi connectivity index (χ1v) is 7.57. The van der Waals surface area contributed by atoms with Gasteiger partial charge in [0.2, 0.25) is 0 Å². The van der Waals surface area contributed by atoms with Crippen LogP contribution in [0.25, 0.3) is 0 Å². The van der Waals surface area contributed by atoms with Crippen LogP contribution in [0.1, 0.15) is 17.2 Å². The highest BCUT2D eigenvalue weighted by atomic mass is 79.9. The minimum absolute atomic E-state index is 0.141. The van der Waals surface area contributed by atoms with Crippen molar-refractivity contribution in [2.45, 2.75) is 12.5 Å². The Morgan fingerprint density at radius 1 is 1.25 bits per heavy atom. The highest BCUT2D eigenvalue weighted by molar-refractivity contribution is 9.10. The van der Waals surface area contributed by atoms with Crippen molar-refractivity contribution >= 4 is 27.5 Å². The van der Waals surface area contributed by atoms with Crippen LogP contribution in [0.5, 0.6) is 5.75 Å². The number of methoxy groups -OCH3 is 1. The zero-order valence-corrected chi connectivity index (χ0v) is 13.8. The van der Waals surface area contributed by atoms with Crippen molar-refractivity contribution in [1.29, 1.82) is 0 Å². The van der Waals surface area contributed by atoms with Crippen molar-refractivity contribution in [2.24, 2.45) is 0 Å². The maximum Gasteiger partial charge on any atom is 0.137 e. The molecule has 4 heteroatoms. The van der Waals surface area contributed by atoms with Crippen molar-refractivity contribution < 1.29 is 4.74 Å². The lowest BCUT2D eigenvalue weighted by molar-refractivity contribution is 0.398. The van der Waals surface area contributed by atoms with E-state index in [-0.39, 0.29) is 6.04 Å². The molecule has 0 saturated carbocycles. The molecule has 0 spiro atoms. The van der Waals surface area contributed by atoms with Crippen LogP contribution >= 0.6 is 27.5 Å². The zero-order chi connectivity index (χ0) is 14.5. The zero-order valence-electron chi connectivity index (χ0n) is 11.5. The van der Waals surface area contributed by atoms with Crippen LogP contribution in [0, 0.1) is 0 Å². The molecule has 106 valence electrons. The van der Waals surface area contributed by atoms with Gasteiger partial charge in [0.1, 0.15) is 5.75 Å². The summed E-state index contributed by atoms with van der Waals surface area (Å²) in [4.78, 5) is 0. The first-order valence-electron chi connectivity index (χ1n) is 6.39. The van der Waals surface area contributed by atoms with Crippen LogP contribution in [0.2, 0.25) is 5.02 Å². The van der Waals surface area contributed by atoms with Crippen LogP contribution in [-0.2, 0) is 6.42 Å². The topological polar surface area (TPSA) is 21.3 Å². The van der Waals surface area contributed by atoms with Crippen molar-refractivity contribution in [3.63, 3.8) is 0 Å². The first-order chi connectivity index (χ1) is 9.65. The molecule has 0 radical (unpaired) electrons. The number of benzene rings is 2. The summed E-state index contributed by atoms with van der Waals surface area (Å²) in [6.07, 6.45) is 0.875. The fourth-order valence-electron chi connectivity index (χ4n) is 2.27. The highest BCUT2D eigenvalue weighted by Gasteiger charge is 2.18. The third kappa shape index (κ3) is 3.54. The largest absolute Gasteiger partial charge is 0.495 e. The molecule has 0 saturated heterocycles. The van der Waals surface area contributed by atoms with Gasteiger partial charge in [0, 0.05) is 16.6 Å². The number of hydrogen-bond donors (Lipinski definition) is 1. The second-order valence-electron chi connectivity index (χ2n) is 4.54. The molecule has 0 aromatic heterocycles. The van der Waals surface area contributed by atoms with Crippen molar-refractivity contribution in [3.8, 4) is 5.75 Å². The number of nitrogens with one attached hydrogen (secondary N) is 1. The summed E-state index contributed by atoms with van der Waals surface area (Å²) in [6, 6.07) is 14.3. The fourth-order valence-corrected chi connectivity index (χ4v) is 3.27. The van der Waals surface area contributed by atoms with Gasteiger partial charge in [-0.3, -0.25) is 0 Å². The summed E-state index contributed by atoms with van der Waals surface area (Å²) in [5, 5.41) is 4.03. The first kappa shape index (κ1) is 15.4. The second-order valence-corrected chi connectivity index (χ2v) is 5.83. The van der Waals surface area contributed by atoms with Gasteiger partial charge in [-0.25, -0.2) is 0 Å². The quantitative estimate of drug-likeness (QED) is 0.846. The second kappa shape index (κ2) is 7.11. The Morgan fingerprint density at radius 3 is 2.55 bits per heavy atom. The Bertz CT molecular complexity index is 574. The van der Waals surface area contributed by atoms with Gasteiger partial charge in [-0.15, -0.1) is 0 Å². The highest BCUT2D eigenvalue weighted by Crippen LogP contribution is 2.36. The van der Waals surface area contributed by atoms with Gasteiger partial charge in [-0.2, -0.15) is 0 Å². The van der Waals surface area contributed by atoms with Crippen LogP contribution < -0.4 is 10.1 Å². The molecule has 0 amide bonds. The molecule has 0 fully saturated rings. The number of halogens is 2. The average Bonchev–Trinajstić information content (AvgIpc) is 2.45. The van der Waals surface area contributed by atoms with Crippen molar-refractivity contribution in [3.05, 3.63) is 63.1 Å². The smallest absolute Gasteiger partial charge is 0.137 e. The Hall–Kier alpha value is -1.03. The molecule has 1 unspecified atom stereocenters. The molecule has 2 nitrogen and oxygen atoms in total. The monoisotopic (exact) mass is 353 g/mol. The average molecular weight is 355 g/mol. The number of rotatable bonds is 5. The van der Waals surface area contributed by atoms with Crippen LogP contribution in [-0.4, -0.2) is 14.2 Å². The summed E-state index contributed by atoms with van der Waals surface area (Å²) in [5.41, 5.74) is 2.32. The van der Waals surface area contributed by atoms with Gasteiger partial charge >= 0.3 is 0 Å². The SMILES string of the molecule is CNC(Cc1ccccc1)c1cc(Cl)cc(Br)c1OC. The lowest BCUT2D eigenvalue weighted by atomic mass is 9.98. The summed E-state index contributed by atoms with van der Waals surface area (Å²) in [7, 11) is 3.62. The summed E-state index contributed by atoms with van der Waals surface area (Å²) >= 11 is 9.67. The molecule has 0 aliphatic heterocycles. The van der Waals surface area contributed by atoms with E-state index in [1.165, 1.54) is 5.56 Å². The molecular weight excluding hydrogens is 338 g/mol. The minimum Gasteiger partial charge on any atom is -0.495 e. The predicted molar refractivity (Wildman–Crippen MR) is 87.7 cm³/mol. The Morgan fingerprint density at radius 2 is 1.95 bits per heavy atom. The third-order valence-corrected chi connectivity index (χ3v) is 4.06. The van der Waals surface area contributed by atoms with Gasteiger partial charge in [0.25, 0.3) is 0 Å². The van der Waals surface area contributed by atoms with Crippen molar-refractivity contribution in [2.75, 3.05) is 14.2 Å². The van der Waals surface area contributed by atoms with Crippen LogP contribution in [0.4, 0.5) is 0 Å². The van der Waals surface area contributed by atoms with Gasteiger partial charge in [-0.1, -0.05) is 41.9 Å². The lowest BCUT2D eigenvalue weighted by Gasteiger charge is -2.21. The van der Waals surface area contributed by atoms with Gasteiger partial charge in [0.15, 0.2) is 0 Å². The van der Waals surface area contributed by atoms with E-state index in [0.29, 0.717) is 5.02 Å². The Balaban J connectivity index is 2.36. The van der Waals surface area contributed by atoms with E-state index in [1.807, 2.05) is 37.4 Å². The van der Waals surface area contributed by atoms with E-state index in [9.17, 15) is 0 Å². The summed E-state index contributed by atoms with van der Waals surface area (Å²) in [6.45, 7) is 0. The number of hydrogen-bond acceptors (Lipinski definition) is 2. The molecule has 2 aromatic rings.